The molecule has 0 spiro atoms. The van der Waals surface area contributed by atoms with Crippen molar-refractivity contribution in [3.63, 3.8) is 0 Å². The van der Waals surface area contributed by atoms with E-state index in [2.05, 4.69) is 21.3 Å². The van der Waals surface area contributed by atoms with Crippen molar-refractivity contribution < 1.29 is 4.79 Å². The first-order valence-electron chi connectivity index (χ1n) is 7.80. The Kier molecular flexibility index (Phi) is 5.06. The van der Waals surface area contributed by atoms with Crippen LogP contribution in [-0.2, 0) is 17.8 Å². The summed E-state index contributed by atoms with van der Waals surface area (Å²) in [5.41, 5.74) is 1.18. The Morgan fingerprint density at radius 3 is 2.95 bits per heavy atom. The molecule has 116 valence electrons. The summed E-state index contributed by atoms with van der Waals surface area (Å²) in [6, 6.07) is 8.17. The number of aryl methyl sites for hydroxylation is 1. The Labute approximate surface area is 135 Å². The van der Waals surface area contributed by atoms with E-state index in [4.69, 9.17) is 0 Å². The molecule has 2 aromatic heterocycles. The van der Waals surface area contributed by atoms with Crippen molar-refractivity contribution in [1.29, 1.82) is 0 Å². The number of carbonyl (C=O) groups excluding carboxylic acids is 1. The van der Waals surface area contributed by atoms with Gasteiger partial charge in [0.2, 0.25) is 5.91 Å². The zero-order valence-electron chi connectivity index (χ0n) is 12.6. The van der Waals surface area contributed by atoms with Crippen molar-refractivity contribution in [2.45, 2.75) is 32.2 Å². The maximum Gasteiger partial charge on any atom is 0.220 e. The Hall–Kier alpha value is -1.88. The number of hydrogen-bond acceptors (Lipinski definition) is 4. The topological polar surface area (TPSA) is 45.2 Å². The molecule has 3 rings (SSSR count). The van der Waals surface area contributed by atoms with Gasteiger partial charge in [0, 0.05) is 30.6 Å². The van der Waals surface area contributed by atoms with Crippen LogP contribution in [0.4, 0.5) is 5.82 Å². The molecule has 1 amide bonds. The van der Waals surface area contributed by atoms with Gasteiger partial charge in [-0.05, 0) is 48.4 Å². The number of carbonyl (C=O) groups is 1. The van der Waals surface area contributed by atoms with E-state index in [1.54, 1.807) is 11.3 Å². The fourth-order valence-corrected chi connectivity index (χ4v) is 3.32. The van der Waals surface area contributed by atoms with Gasteiger partial charge in [-0.15, -0.1) is 11.3 Å². The molecule has 0 unspecified atom stereocenters. The van der Waals surface area contributed by atoms with Gasteiger partial charge in [0.15, 0.2) is 0 Å². The van der Waals surface area contributed by atoms with Crippen LogP contribution in [0.1, 0.15) is 29.7 Å². The maximum atomic E-state index is 11.9. The van der Waals surface area contributed by atoms with Crippen molar-refractivity contribution in [3.05, 3.63) is 46.3 Å². The van der Waals surface area contributed by atoms with E-state index in [1.807, 2.05) is 29.8 Å². The van der Waals surface area contributed by atoms with Crippen LogP contribution in [0, 0.1) is 0 Å². The summed E-state index contributed by atoms with van der Waals surface area (Å²) in [4.78, 5) is 19.9. The number of anilines is 1. The first-order valence-corrected chi connectivity index (χ1v) is 8.68. The number of nitrogens with one attached hydrogen (secondary N) is 1. The standard InChI is InChI=1S/C17H21N3OS/c21-17(19-13-15-4-3-11-22-15)6-5-14-7-8-18-16(12-14)20-9-1-2-10-20/h3-4,7-8,11-12H,1-2,5-6,9-10,13H2,(H,19,21). The molecule has 1 fully saturated rings. The lowest BCUT2D eigenvalue weighted by Crippen LogP contribution is -2.22. The highest BCUT2D eigenvalue weighted by molar-refractivity contribution is 7.09. The Morgan fingerprint density at radius 1 is 1.32 bits per heavy atom. The fraction of sp³-hybridized carbons (Fsp3) is 0.412. The Morgan fingerprint density at radius 2 is 2.18 bits per heavy atom. The zero-order valence-corrected chi connectivity index (χ0v) is 13.4. The van der Waals surface area contributed by atoms with Crippen LogP contribution < -0.4 is 10.2 Å². The van der Waals surface area contributed by atoms with Gasteiger partial charge in [-0.1, -0.05) is 6.07 Å². The second-order valence-electron chi connectivity index (χ2n) is 5.57. The summed E-state index contributed by atoms with van der Waals surface area (Å²) in [5.74, 6) is 1.15. The van der Waals surface area contributed by atoms with Gasteiger partial charge in [0.25, 0.3) is 0 Å². The molecule has 0 atom stereocenters. The Balaban J connectivity index is 1.48. The second-order valence-corrected chi connectivity index (χ2v) is 6.60. The molecule has 5 heteroatoms. The van der Waals surface area contributed by atoms with Crippen molar-refractivity contribution in [1.82, 2.24) is 10.3 Å². The molecule has 3 heterocycles. The van der Waals surface area contributed by atoms with E-state index in [9.17, 15) is 4.79 Å². The van der Waals surface area contributed by atoms with Crippen LogP contribution >= 0.6 is 11.3 Å². The number of pyridine rings is 1. The van der Waals surface area contributed by atoms with Crippen LogP contribution in [0.15, 0.2) is 35.8 Å². The highest BCUT2D eigenvalue weighted by Crippen LogP contribution is 2.19. The zero-order chi connectivity index (χ0) is 15.2. The summed E-state index contributed by atoms with van der Waals surface area (Å²) < 4.78 is 0. The van der Waals surface area contributed by atoms with Crippen molar-refractivity contribution in [3.8, 4) is 0 Å². The number of amides is 1. The van der Waals surface area contributed by atoms with Gasteiger partial charge in [-0.3, -0.25) is 4.79 Å². The molecule has 1 saturated heterocycles. The van der Waals surface area contributed by atoms with Crippen LogP contribution in [0.5, 0.6) is 0 Å². The predicted molar refractivity (Wildman–Crippen MR) is 90.2 cm³/mol. The molecule has 0 aromatic carbocycles. The molecule has 4 nitrogen and oxygen atoms in total. The minimum Gasteiger partial charge on any atom is -0.357 e. The highest BCUT2D eigenvalue weighted by Gasteiger charge is 2.13. The summed E-state index contributed by atoms with van der Waals surface area (Å²) in [5, 5.41) is 5.00. The van der Waals surface area contributed by atoms with Gasteiger partial charge in [-0.2, -0.15) is 0 Å². The van der Waals surface area contributed by atoms with E-state index in [1.165, 1.54) is 23.3 Å². The molecule has 0 radical (unpaired) electrons. The van der Waals surface area contributed by atoms with Crippen molar-refractivity contribution in [2.24, 2.45) is 0 Å². The van der Waals surface area contributed by atoms with Crippen LogP contribution in [0.2, 0.25) is 0 Å². The SMILES string of the molecule is O=C(CCc1ccnc(N2CCCC2)c1)NCc1cccs1. The average molecular weight is 315 g/mol. The number of rotatable bonds is 6. The molecule has 2 aromatic rings. The molecule has 1 aliphatic heterocycles. The number of thiophene rings is 1. The van der Waals surface area contributed by atoms with E-state index in [-0.39, 0.29) is 5.91 Å². The first kappa shape index (κ1) is 15.0. The van der Waals surface area contributed by atoms with E-state index in [0.29, 0.717) is 13.0 Å². The molecule has 0 aliphatic carbocycles. The van der Waals surface area contributed by atoms with E-state index in [0.717, 1.165) is 25.3 Å². The molecule has 1 N–H and O–H groups in total. The lowest BCUT2D eigenvalue weighted by molar-refractivity contribution is -0.121. The second kappa shape index (κ2) is 7.40. The van der Waals surface area contributed by atoms with Gasteiger partial charge in [0.05, 0.1) is 6.54 Å². The van der Waals surface area contributed by atoms with Crippen molar-refractivity contribution in [2.75, 3.05) is 18.0 Å². The predicted octanol–water partition coefficient (Wildman–Crippen LogP) is 2.99. The average Bonchev–Trinajstić information content (AvgIpc) is 3.24. The van der Waals surface area contributed by atoms with Gasteiger partial charge in [-0.25, -0.2) is 4.98 Å². The van der Waals surface area contributed by atoms with Crippen LogP contribution in [0.25, 0.3) is 0 Å². The minimum atomic E-state index is 0.105. The summed E-state index contributed by atoms with van der Waals surface area (Å²) in [6.45, 7) is 2.82. The minimum absolute atomic E-state index is 0.105. The number of hydrogen-bond donors (Lipinski definition) is 1. The normalized spacial score (nSPS) is 14.3. The largest absolute Gasteiger partial charge is 0.357 e. The third-order valence-corrected chi connectivity index (χ3v) is 4.80. The summed E-state index contributed by atoms with van der Waals surface area (Å²) >= 11 is 1.67. The molecule has 1 aliphatic rings. The molecular weight excluding hydrogens is 294 g/mol. The fourth-order valence-electron chi connectivity index (χ4n) is 2.68. The first-order chi connectivity index (χ1) is 10.8. The molecule has 22 heavy (non-hydrogen) atoms. The number of nitrogens with zero attached hydrogens (tertiary/aromatic N) is 2. The van der Waals surface area contributed by atoms with Crippen LogP contribution in [-0.4, -0.2) is 24.0 Å². The summed E-state index contributed by atoms with van der Waals surface area (Å²) in [6.07, 6.45) is 5.63. The van der Waals surface area contributed by atoms with Gasteiger partial charge >= 0.3 is 0 Å². The van der Waals surface area contributed by atoms with E-state index < -0.39 is 0 Å². The molecule has 0 bridgehead atoms. The summed E-state index contributed by atoms with van der Waals surface area (Å²) in [7, 11) is 0. The van der Waals surface area contributed by atoms with E-state index >= 15 is 0 Å². The van der Waals surface area contributed by atoms with Crippen LogP contribution in [0.3, 0.4) is 0 Å². The smallest absolute Gasteiger partial charge is 0.220 e. The lowest BCUT2D eigenvalue weighted by atomic mass is 10.1. The highest BCUT2D eigenvalue weighted by atomic mass is 32.1. The lowest BCUT2D eigenvalue weighted by Gasteiger charge is -2.16. The third-order valence-electron chi connectivity index (χ3n) is 3.92. The maximum absolute atomic E-state index is 11.9. The van der Waals surface area contributed by atoms with Crippen molar-refractivity contribution >= 4 is 23.1 Å². The molecule has 0 saturated carbocycles. The molecular formula is C17H21N3OS. The Bertz CT molecular complexity index is 606. The van der Waals surface area contributed by atoms with Gasteiger partial charge in [0.1, 0.15) is 5.82 Å². The van der Waals surface area contributed by atoms with Gasteiger partial charge < -0.3 is 10.2 Å². The third kappa shape index (κ3) is 4.07. The quantitative estimate of drug-likeness (QED) is 0.891. The number of aromatic nitrogens is 1. The monoisotopic (exact) mass is 315 g/mol.